The summed E-state index contributed by atoms with van der Waals surface area (Å²) in [6, 6.07) is 10.5. The third-order valence-corrected chi connectivity index (χ3v) is 4.32. The molecule has 0 bridgehead atoms. The standard InChI is InChI=1S/C14H11Br2FN2O2/c15-10-4-2-1-3-8(10)7-21-11-6-5-9(14(18)19-20)12(16)13(11)17/h1-6,20H,7H2,(H2,18,19). The van der Waals surface area contributed by atoms with Gasteiger partial charge < -0.3 is 15.7 Å². The molecule has 0 aliphatic heterocycles. The first-order valence-corrected chi connectivity index (χ1v) is 7.45. The van der Waals surface area contributed by atoms with Gasteiger partial charge in [-0.15, -0.1) is 0 Å². The Morgan fingerprint density at radius 2 is 1.95 bits per heavy atom. The molecular formula is C14H11Br2FN2O2. The summed E-state index contributed by atoms with van der Waals surface area (Å²) in [5.41, 5.74) is 6.61. The van der Waals surface area contributed by atoms with Crippen LogP contribution in [-0.2, 0) is 6.61 Å². The van der Waals surface area contributed by atoms with Crippen molar-refractivity contribution in [2.24, 2.45) is 10.9 Å². The lowest BCUT2D eigenvalue weighted by Crippen LogP contribution is -2.14. The van der Waals surface area contributed by atoms with E-state index in [1.54, 1.807) is 0 Å². The van der Waals surface area contributed by atoms with E-state index in [1.807, 2.05) is 24.3 Å². The molecule has 0 aliphatic rings. The van der Waals surface area contributed by atoms with Gasteiger partial charge in [-0.1, -0.05) is 39.3 Å². The Hall–Kier alpha value is -1.60. The zero-order valence-electron chi connectivity index (χ0n) is 10.7. The van der Waals surface area contributed by atoms with Gasteiger partial charge in [-0.3, -0.25) is 0 Å². The van der Waals surface area contributed by atoms with Crippen molar-refractivity contribution in [3.63, 3.8) is 0 Å². The Balaban J connectivity index is 2.22. The predicted molar refractivity (Wildman–Crippen MR) is 85.1 cm³/mol. The fourth-order valence-corrected chi connectivity index (χ4v) is 2.60. The van der Waals surface area contributed by atoms with Gasteiger partial charge in [0.05, 0.1) is 4.47 Å². The summed E-state index contributed by atoms with van der Waals surface area (Å²) in [6.45, 7) is 0.216. The summed E-state index contributed by atoms with van der Waals surface area (Å²) in [5, 5.41) is 11.5. The van der Waals surface area contributed by atoms with Crippen LogP contribution in [0.4, 0.5) is 4.39 Å². The van der Waals surface area contributed by atoms with Crippen LogP contribution >= 0.6 is 31.9 Å². The molecule has 0 aromatic heterocycles. The Kier molecular flexibility index (Phi) is 5.19. The number of ether oxygens (including phenoxy) is 1. The van der Waals surface area contributed by atoms with Gasteiger partial charge >= 0.3 is 0 Å². The maximum Gasteiger partial charge on any atom is 0.179 e. The van der Waals surface area contributed by atoms with Crippen LogP contribution in [0.15, 0.2) is 50.5 Å². The van der Waals surface area contributed by atoms with E-state index in [0.717, 1.165) is 10.0 Å². The molecule has 0 heterocycles. The van der Waals surface area contributed by atoms with Crippen LogP contribution in [0.2, 0.25) is 0 Å². The summed E-state index contributed by atoms with van der Waals surface area (Å²) < 4.78 is 20.6. The van der Waals surface area contributed by atoms with Crippen molar-refractivity contribution in [3.05, 3.63) is 62.3 Å². The van der Waals surface area contributed by atoms with Crippen LogP contribution in [0.25, 0.3) is 0 Å². The van der Waals surface area contributed by atoms with Crippen LogP contribution in [0, 0.1) is 5.82 Å². The number of nitrogens with two attached hydrogens (primary N) is 1. The topological polar surface area (TPSA) is 67.8 Å². The minimum atomic E-state index is -0.605. The predicted octanol–water partition coefficient (Wildman–Crippen LogP) is 4.02. The third kappa shape index (κ3) is 3.54. The molecule has 0 atom stereocenters. The zero-order valence-corrected chi connectivity index (χ0v) is 13.9. The highest BCUT2D eigenvalue weighted by Gasteiger charge is 2.15. The van der Waals surface area contributed by atoms with Crippen molar-refractivity contribution in [2.75, 3.05) is 0 Å². The van der Waals surface area contributed by atoms with Crippen molar-refractivity contribution in [1.29, 1.82) is 0 Å². The van der Waals surface area contributed by atoms with Crippen molar-refractivity contribution in [3.8, 4) is 5.75 Å². The number of amidine groups is 1. The molecule has 0 saturated carbocycles. The van der Waals surface area contributed by atoms with Crippen LogP contribution in [-0.4, -0.2) is 11.0 Å². The van der Waals surface area contributed by atoms with Gasteiger partial charge in [0.2, 0.25) is 0 Å². The fourth-order valence-electron chi connectivity index (χ4n) is 1.67. The number of hydrogen-bond acceptors (Lipinski definition) is 3. The first kappa shape index (κ1) is 15.8. The molecule has 4 nitrogen and oxygen atoms in total. The van der Waals surface area contributed by atoms with E-state index in [-0.39, 0.29) is 28.2 Å². The molecule has 2 aromatic rings. The van der Waals surface area contributed by atoms with Crippen LogP contribution in [0.3, 0.4) is 0 Å². The van der Waals surface area contributed by atoms with E-state index in [2.05, 4.69) is 37.0 Å². The number of halogens is 3. The zero-order chi connectivity index (χ0) is 15.4. The van der Waals surface area contributed by atoms with Crippen molar-refractivity contribution in [2.45, 2.75) is 6.61 Å². The van der Waals surface area contributed by atoms with Gasteiger partial charge in [-0.05, 0) is 34.1 Å². The number of benzene rings is 2. The number of oxime groups is 1. The first-order valence-electron chi connectivity index (χ1n) is 5.86. The summed E-state index contributed by atoms with van der Waals surface area (Å²) in [4.78, 5) is 0. The summed E-state index contributed by atoms with van der Waals surface area (Å²) in [5.74, 6) is -0.712. The van der Waals surface area contributed by atoms with E-state index in [1.165, 1.54) is 12.1 Å². The normalized spacial score (nSPS) is 11.5. The average molecular weight is 418 g/mol. The molecule has 0 unspecified atom stereocenters. The van der Waals surface area contributed by atoms with Crippen LogP contribution in [0.1, 0.15) is 11.1 Å². The van der Waals surface area contributed by atoms with E-state index >= 15 is 0 Å². The highest BCUT2D eigenvalue weighted by Crippen LogP contribution is 2.29. The monoisotopic (exact) mass is 416 g/mol. The van der Waals surface area contributed by atoms with E-state index < -0.39 is 5.82 Å². The smallest absolute Gasteiger partial charge is 0.179 e. The Bertz CT molecular complexity index is 693. The van der Waals surface area contributed by atoms with Gasteiger partial charge in [0.15, 0.2) is 17.4 Å². The molecule has 7 heteroatoms. The maximum atomic E-state index is 14.2. The van der Waals surface area contributed by atoms with Crippen molar-refractivity contribution >= 4 is 37.7 Å². The second-order valence-electron chi connectivity index (χ2n) is 4.10. The van der Waals surface area contributed by atoms with E-state index in [9.17, 15) is 4.39 Å². The summed E-state index contributed by atoms with van der Waals surface area (Å²) in [7, 11) is 0. The second kappa shape index (κ2) is 6.91. The second-order valence-corrected chi connectivity index (χ2v) is 5.75. The van der Waals surface area contributed by atoms with Gasteiger partial charge in [-0.25, -0.2) is 4.39 Å². The van der Waals surface area contributed by atoms with Crippen LogP contribution in [0.5, 0.6) is 5.75 Å². The number of hydrogen-bond donors (Lipinski definition) is 2. The van der Waals surface area contributed by atoms with Gasteiger partial charge in [0, 0.05) is 15.6 Å². The minimum Gasteiger partial charge on any atom is -0.486 e. The first-order chi connectivity index (χ1) is 10.0. The van der Waals surface area contributed by atoms with Gasteiger partial charge in [0.1, 0.15) is 6.61 Å². The molecule has 0 saturated heterocycles. The summed E-state index contributed by atoms with van der Waals surface area (Å²) in [6.07, 6.45) is 0. The van der Waals surface area contributed by atoms with Gasteiger partial charge in [-0.2, -0.15) is 0 Å². The van der Waals surface area contributed by atoms with E-state index in [4.69, 9.17) is 15.7 Å². The van der Waals surface area contributed by atoms with Crippen molar-refractivity contribution in [1.82, 2.24) is 0 Å². The highest BCUT2D eigenvalue weighted by molar-refractivity contribution is 9.10. The number of nitrogens with zero attached hydrogens (tertiary/aromatic N) is 1. The molecule has 0 spiro atoms. The molecule has 3 N–H and O–H groups in total. The molecule has 2 rings (SSSR count). The Morgan fingerprint density at radius 1 is 1.24 bits per heavy atom. The quantitative estimate of drug-likeness (QED) is 0.341. The average Bonchev–Trinajstić information content (AvgIpc) is 2.49. The molecule has 21 heavy (non-hydrogen) atoms. The SMILES string of the molecule is N/C(=N/O)c1ccc(OCc2ccccc2Br)c(F)c1Br. The minimum absolute atomic E-state index is 0.0760. The lowest BCUT2D eigenvalue weighted by Gasteiger charge is -2.11. The van der Waals surface area contributed by atoms with E-state index in [0.29, 0.717) is 0 Å². The van der Waals surface area contributed by atoms with Crippen LogP contribution < -0.4 is 10.5 Å². The molecule has 0 aliphatic carbocycles. The highest BCUT2D eigenvalue weighted by atomic mass is 79.9. The molecule has 0 fully saturated rings. The maximum absolute atomic E-state index is 14.2. The van der Waals surface area contributed by atoms with Gasteiger partial charge in [0.25, 0.3) is 0 Å². The summed E-state index contributed by atoms with van der Waals surface area (Å²) >= 11 is 6.48. The molecule has 0 radical (unpaired) electrons. The fraction of sp³-hybridized carbons (Fsp3) is 0.0714. The molecule has 2 aromatic carbocycles. The molecule has 0 amide bonds. The lowest BCUT2D eigenvalue weighted by atomic mass is 10.2. The van der Waals surface area contributed by atoms with Crippen molar-refractivity contribution < 1.29 is 14.3 Å². The third-order valence-electron chi connectivity index (χ3n) is 2.77. The Labute approximate surface area is 137 Å². The number of rotatable bonds is 4. The Morgan fingerprint density at radius 3 is 2.62 bits per heavy atom. The largest absolute Gasteiger partial charge is 0.486 e. The lowest BCUT2D eigenvalue weighted by molar-refractivity contribution is 0.289. The molecule has 110 valence electrons. The molecular weight excluding hydrogens is 407 g/mol.